The molecule has 1 aromatic carbocycles. The molecule has 0 spiro atoms. The summed E-state index contributed by atoms with van der Waals surface area (Å²) in [6.07, 6.45) is 3.09. The number of carbonyl (C=O) groups is 8. The molecule has 1 saturated carbocycles. The molecule has 6 amide bonds. The Balaban J connectivity index is 2.31. The van der Waals surface area contributed by atoms with E-state index in [0.29, 0.717) is 5.56 Å². The molecule has 1 aromatic rings. The molecule has 0 saturated heterocycles. The summed E-state index contributed by atoms with van der Waals surface area (Å²) in [4.78, 5) is 101. The quantitative estimate of drug-likeness (QED) is 0.0897. The highest BCUT2D eigenvalue weighted by Gasteiger charge is 2.35. The third-order valence-corrected chi connectivity index (χ3v) is 9.43. The number of hydrogen-bond donors (Lipinski definition) is 8. The van der Waals surface area contributed by atoms with Gasteiger partial charge in [-0.05, 0) is 48.8 Å². The molecule has 53 heavy (non-hydrogen) atoms. The molecular weight excluding hydrogens is 735 g/mol. The van der Waals surface area contributed by atoms with Gasteiger partial charge in [-0.15, -0.1) is 0 Å². The van der Waals surface area contributed by atoms with E-state index in [4.69, 9.17) is 28.9 Å². The summed E-state index contributed by atoms with van der Waals surface area (Å²) in [6.45, 7) is 4.68. The van der Waals surface area contributed by atoms with E-state index in [1.165, 1.54) is 19.1 Å². The molecule has 2 rings (SSSR count). The minimum Gasteiger partial charge on any atom is -0.481 e. The van der Waals surface area contributed by atoms with Gasteiger partial charge in [-0.1, -0.05) is 75.2 Å². The highest BCUT2D eigenvalue weighted by atomic mass is 35.5. The molecule has 0 heterocycles. The van der Waals surface area contributed by atoms with E-state index in [1.54, 1.807) is 19.9 Å². The van der Waals surface area contributed by atoms with Crippen LogP contribution in [0.5, 0.6) is 0 Å². The fourth-order valence-electron chi connectivity index (χ4n) is 6.07. The van der Waals surface area contributed by atoms with Crippen molar-refractivity contribution >= 4 is 70.6 Å². The smallest absolute Gasteiger partial charge is 0.326 e. The van der Waals surface area contributed by atoms with Crippen molar-refractivity contribution in [2.75, 3.05) is 0 Å². The average Bonchev–Trinajstić information content (AvgIpc) is 3.06. The summed E-state index contributed by atoms with van der Waals surface area (Å²) < 4.78 is 0. The molecule has 1 aliphatic rings. The predicted octanol–water partition coefficient (Wildman–Crippen LogP) is 1.82. The van der Waals surface area contributed by atoms with Crippen LogP contribution in [-0.4, -0.2) is 87.8 Å². The van der Waals surface area contributed by atoms with Crippen molar-refractivity contribution in [1.29, 1.82) is 0 Å². The molecule has 1 aliphatic carbocycles. The van der Waals surface area contributed by atoms with Gasteiger partial charge >= 0.3 is 11.9 Å². The fourth-order valence-corrected chi connectivity index (χ4v) is 6.39. The molecule has 16 nitrogen and oxygen atoms in total. The molecule has 0 aliphatic heterocycles. The van der Waals surface area contributed by atoms with Gasteiger partial charge < -0.3 is 42.5 Å². The maximum Gasteiger partial charge on any atom is 0.326 e. The fraction of sp³-hybridized carbons (Fsp3) is 0.600. The Kier molecular flexibility index (Phi) is 18.5. The number of aliphatic carboxylic acids is 2. The van der Waals surface area contributed by atoms with E-state index in [9.17, 15) is 48.6 Å². The van der Waals surface area contributed by atoms with Crippen molar-refractivity contribution in [1.82, 2.24) is 26.6 Å². The lowest BCUT2D eigenvalue weighted by Gasteiger charge is -2.29. The Hall–Kier alpha value is -4.44. The second kappa shape index (κ2) is 21.9. The third kappa shape index (κ3) is 16.4. The maximum absolute atomic E-state index is 13.8. The Bertz CT molecular complexity index is 1500. The number of carboxylic acids is 2. The number of nitrogens with two attached hydrogens (primary N) is 1. The zero-order chi connectivity index (χ0) is 39.8. The van der Waals surface area contributed by atoms with Gasteiger partial charge in [0.25, 0.3) is 0 Å². The van der Waals surface area contributed by atoms with Crippen LogP contribution in [0.1, 0.15) is 90.5 Å². The Morgan fingerprint density at radius 3 is 1.85 bits per heavy atom. The first kappa shape index (κ1) is 44.7. The van der Waals surface area contributed by atoms with Crippen molar-refractivity contribution in [3.8, 4) is 0 Å². The van der Waals surface area contributed by atoms with Gasteiger partial charge in [0.2, 0.25) is 35.4 Å². The molecule has 9 N–H and O–H groups in total. The number of amides is 6. The average molecular weight is 786 g/mol. The Morgan fingerprint density at radius 2 is 1.30 bits per heavy atom. The summed E-state index contributed by atoms with van der Waals surface area (Å²) >= 11 is 12.0. The summed E-state index contributed by atoms with van der Waals surface area (Å²) in [5, 5.41) is 32.3. The third-order valence-electron chi connectivity index (χ3n) is 8.69. The molecule has 5 atom stereocenters. The number of benzene rings is 1. The minimum atomic E-state index is -1.71. The molecule has 0 bridgehead atoms. The second-order valence-electron chi connectivity index (χ2n) is 13.8. The van der Waals surface area contributed by atoms with Crippen molar-refractivity contribution in [3.05, 3.63) is 33.8 Å². The lowest BCUT2D eigenvalue weighted by molar-refractivity contribution is -0.143. The summed E-state index contributed by atoms with van der Waals surface area (Å²) in [7, 11) is 0. The van der Waals surface area contributed by atoms with Crippen molar-refractivity contribution in [3.63, 3.8) is 0 Å². The van der Waals surface area contributed by atoms with Crippen LogP contribution in [0.15, 0.2) is 18.2 Å². The van der Waals surface area contributed by atoms with Crippen molar-refractivity contribution in [2.24, 2.45) is 17.6 Å². The van der Waals surface area contributed by atoms with E-state index in [-0.39, 0.29) is 54.0 Å². The SMILES string of the molecule is CC(=O)N[C@@H](CCC(N)=O)C(=O)N[C@@H](CC1CCCCC1)C(=O)N[C@@H](CC(=O)O)C(=O)N[C@@H](CC(C)C)C(=O)NC(Cc1ccc(Cl)c(Cl)c1)C(=O)O. The van der Waals surface area contributed by atoms with Crippen LogP contribution < -0.4 is 32.3 Å². The normalized spacial score (nSPS) is 15.9. The van der Waals surface area contributed by atoms with Gasteiger partial charge in [-0.25, -0.2) is 4.79 Å². The van der Waals surface area contributed by atoms with Gasteiger partial charge in [-0.2, -0.15) is 0 Å². The first-order valence-corrected chi connectivity index (χ1v) is 18.3. The number of halogens is 2. The van der Waals surface area contributed by atoms with Crippen molar-refractivity contribution in [2.45, 2.75) is 122 Å². The van der Waals surface area contributed by atoms with Gasteiger partial charge in [0.15, 0.2) is 0 Å². The molecule has 1 unspecified atom stereocenters. The van der Waals surface area contributed by atoms with Crippen LogP contribution in [0.2, 0.25) is 10.0 Å². The molecule has 18 heteroatoms. The monoisotopic (exact) mass is 784 g/mol. The Morgan fingerprint density at radius 1 is 0.755 bits per heavy atom. The second-order valence-corrected chi connectivity index (χ2v) is 14.6. The van der Waals surface area contributed by atoms with E-state index in [1.807, 2.05) is 0 Å². The van der Waals surface area contributed by atoms with E-state index in [0.717, 1.165) is 32.1 Å². The number of carbonyl (C=O) groups excluding carboxylic acids is 6. The molecular formula is C35H50Cl2N6O10. The van der Waals surface area contributed by atoms with Crippen LogP contribution in [0.4, 0.5) is 0 Å². The first-order valence-electron chi connectivity index (χ1n) is 17.5. The van der Waals surface area contributed by atoms with E-state index in [2.05, 4.69) is 26.6 Å². The Labute approximate surface area is 318 Å². The lowest BCUT2D eigenvalue weighted by Crippen LogP contribution is -2.59. The summed E-state index contributed by atoms with van der Waals surface area (Å²) in [5.74, 6) is -7.81. The number of rotatable bonds is 21. The minimum absolute atomic E-state index is 0.0154. The maximum atomic E-state index is 13.8. The van der Waals surface area contributed by atoms with Crippen molar-refractivity contribution < 1.29 is 48.6 Å². The summed E-state index contributed by atoms with van der Waals surface area (Å²) in [5.41, 5.74) is 5.70. The first-order chi connectivity index (χ1) is 24.9. The van der Waals surface area contributed by atoms with Crippen LogP contribution >= 0.6 is 23.2 Å². The molecule has 0 radical (unpaired) electrons. The highest BCUT2D eigenvalue weighted by molar-refractivity contribution is 6.42. The predicted molar refractivity (Wildman–Crippen MR) is 194 cm³/mol. The number of primary amides is 1. The van der Waals surface area contributed by atoms with E-state index < -0.39 is 84.0 Å². The van der Waals surface area contributed by atoms with Gasteiger partial charge in [-0.3, -0.25) is 33.6 Å². The lowest BCUT2D eigenvalue weighted by atomic mass is 9.84. The molecule has 1 fully saturated rings. The zero-order valence-electron chi connectivity index (χ0n) is 30.0. The number of carboxylic acid groups (broad SMARTS) is 2. The highest BCUT2D eigenvalue weighted by Crippen LogP contribution is 2.28. The van der Waals surface area contributed by atoms with Crippen LogP contribution in [0.3, 0.4) is 0 Å². The standard InChI is InChI=1S/C35H50Cl2N6O10/c1-18(2)13-25(32(49)43-28(35(52)53)16-21-9-10-22(36)23(37)14-21)40-34(51)27(17-30(46)47)42-33(50)26(15-20-7-5-4-6-8-20)41-31(48)24(39-19(3)44)11-12-29(38)45/h9-10,14,18,20,24-28H,4-8,11-13,15-17H2,1-3H3,(H2,38,45)(H,39,44)(H,40,51)(H,41,48)(H,42,50)(H,43,49)(H,46,47)(H,52,53)/t24-,25-,26-,27-,28?/m0/s1. The zero-order valence-corrected chi connectivity index (χ0v) is 31.6. The largest absolute Gasteiger partial charge is 0.481 e. The van der Waals surface area contributed by atoms with Crippen LogP contribution in [0.25, 0.3) is 0 Å². The molecule has 294 valence electrons. The van der Waals surface area contributed by atoms with Gasteiger partial charge in [0.1, 0.15) is 30.2 Å². The van der Waals surface area contributed by atoms with Gasteiger partial charge in [0, 0.05) is 19.8 Å². The van der Waals surface area contributed by atoms with E-state index >= 15 is 0 Å². The van der Waals surface area contributed by atoms with Gasteiger partial charge in [0.05, 0.1) is 16.5 Å². The number of hydrogen-bond acceptors (Lipinski definition) is 8. The topological polar surface area (TPSA) is 263 Å². The van der Waals surface area contributed by atoms with Crippen LogP contribution in [0, 0.1) is 11.8 Å². The number of nitrogens with one attached hydrogen (secondary N) is 5. The summed E-state index contributed by atoms with van der Waals surface area (Å²) in [6, 6.07) is -2.44. The molecule has 0 aromatic heterocycles. The van der Waals surface area contributed by atoms with Crippen LogP contribution in [-0.2, 0) is 44.8 Å².